The molecule has 0 saturated heterocycles. The molecule has 2 aromatic heterocycles. The number of aryl methyl sites for hydroxylation is 2. The van der Waals surface area contributed by atoms with Crippen LogP contribution in [-0.4, -0.2) is 4.98 Å². The summed E-state index contributed by atoms with van der Waals surface area (Å²) in [5, 5.41) is 0. The first-order chi connectivity index (χ1) is 11.4. The van der Waals surface area contributed by atoms with Gasteiger partial charge in [0.2, 0.25) is 0 Å². The maximum Gasteiger partial charge on any atom is 0.328 e. The van der Waals surface area contributed by atoms with Gasteiger partial charge in [-0.15, -0.1) is 10.2 Å². The van der Waals surface area contributed by atoms with Crippen LogP contribution in [0.3, 0.4) is 0 Å². The van der Waals surface area contributed by atoms with Gasteiger partial charge in [0.1, 0.15) is 6.20 Å². The molecule has 0 fully saturated rings. The Kier molecular flexibility index (Phi) is 4.75. The molecule has 24 heavy (non-hydrogen) atoms. The Hall–Kier alpha value is -2.09. The second-order valence-electron chi connectivity index (χ2n) is 5.47. The number of aromatic nitrogens is 2. The Morgan fingerprint density at radius 3 is 2.33 bits per heavy atom. The molecule has 0 saturated carbocycles. The van der Waals surface area contributed by atoms with E-state index in [1.165, 1.54) is 28.8 Å². The van der Waals surface area contributed by atoms with Gasteiger partial charge in [0, 0.05) is 17.2 Å². The molecule has 0 spiro atoms. The van der Waals surface area contributed by atoms with Crippen molar-refractivity contribution in [3.05, 3.63) is 66.0 Å². The van der Waals surface area contributed by atoms with Crippen LogP contribution in [0.15, 0.2) is 54.9 Å². The number of fused-ring (bicyclic) bond motifs is 4. The van der Waals surface area contributed by atoms with Crippen molar-refractivity contribution >= 4 is 5.65 Å². The zero-order valence-corrected chi connectivity index (χ0v) is 13.5. The summed E-state index contributed by atoms with van der Waals surface area (Å²) in [6.45, 7) is 0. The first-order valence-electron chi connectivity index (χ1n) is 7.42. The summed E-state index contributed by atoms with van der Waals surface area (Å²) < 4.78 is 36.1. The van der Waals surface area contributed by atoms with Crippen LogP contribution in [0, 0.1) is 10.2 Å². The number of hydrogen-bond acceptors (Lipinski definition) is 5. The maximum absolute atomic E-state index is 8.49. The van der Waals surface area contributed by atoms with Gasteiger partial charge in [0.15, 0.2) is 5.69 Å². The maximum atomic E-state index is 8.49. The molecule has 3 aromatic rings. The number of halogens is 1. The average molecular weight is 347 g/mol. The summed E-state index contributed by atoms with van der Waals surface area (Å²) in [5.41, 5.74) is 6.27. The largest absolute Gasteiger partial charge is 0.328 e. The highest BCUT2D eigenvalue weighted by Crippen LogP contribution is 2.30. The number of nitrogens with zero attached hydrogens (tertiary/aromatic N) is 2. The highest BCUT2D eigenvalue weighted by Gasteiger charge is 2.21. The normalized spacial score (nSPS) is 13.3. The first kappa shape index (κ1) is 16.8. The van der Waals surface area contributed by atoms with Gasteiger partial charge in [-0.1, -0.05) is 30.3 Å². The fourth-order valence-corrected chi connectivity index (χ4v) is 2.92. The van der Waals surface area contributed by atoms with Gasteiger partial charge in [-0.2, -0.15) is 0 Å². The van der Waals surface area contributed by atoms with Crippen molar-refractivity contribution in [1.29, 1.82) is 0 Å². The molecule has 4 rings (SSSR count). The molecule has 2 heterocycles. The lowest BCUT2D eigenvalue weighted by atomic mass is 10.0. The van der Waals surface area contributed by atoms with Crippen LogP contribution in [0.2, 0.25) is 0 Å². The molecule has 1 aliphatic rings. The van der Waals surface area contributed by atoms with Crippen LogP contribution in [0.1, 0.15) is 17.5 Å². The lowest BCUT2D eigenvalue weighted by Gasteiger charge is -2.17. The molecular formula is C17H15ClN2O4. The molecule has 0 radical (unpaired) electrons. The Morgan fingerprint density at radius 1 is 0.875 bits per heavy atom. The van der Waals surface area contributed by atoms with Gasteiger partial charge in [-0.25, -0.2) is 23.0 Å². The third kappa shape index (κ3) is 4.05. The van der Waals surface area contributed by atoms with Gasteiger partial charge in [-0.05, 0) is 35.9 Å². The summed E-state index contributed by atoms with van der Waals surface area (Å²) in [5.74, 6) is 0. The smallest absolute Gasteiger partial charge is 0.222 e. The molecule has 7 heteroatoms. The van der Waals surface area contributed by atoms with Gasteiger partial charge in [0.25, 0.3) is 0 Å². The number of pyridine rings is 1. The van der Waals surface area contributed by atoms with Gasteiger partial charge >= 0.3 is 5.65 Å². The quantitative estimate of drug-likeness (QED) is 0.447. The molecule has 124 valence electrons. The summed E-state index contributed by atoms with van der Waals surface area (Å²) >= 11 is 0. The van der Waals surface area contributed by atoms with E-state index in [0.29, 0.717) is 0 Å². The highest BCUT2D eigenvalue weighted by atomic mass is 35.7. The van der Waals surface area contributed by atoms with Crippen LogP contribution in [-0.2, 0) is 12.8 Å². The van der Waals surface area contributed by atoms with E-state index in [9.17, 15) is 0 Å². The van der Waals surface area contributed by atoms with E-state index in [1.54, 1.807) is 0 Å². The summed E-state index contributed by atoms with van der Waals surface area (Å²) in [6.07, 6.45) is 7.76. The predicted octanol–water partition coefficient (Wildman–Crippen LogP) is -1.78. The molecule has 0 aliphatic heterocycles. The molecular weight excluding hydrogens is 332 g/mol. The summed E-state index contributed by atoms with van der Waals surface area (Å²) in [6, 6.07) is 14.8. The molecule has 1 aliphatic carbocycles. The van der Waals surface area contributed by atoms with Gasteiger partial charge < -0.3 is 0 Å². The third-order valence-corrected chi connectivity index (χ3v) is 3.86. The molecule has 0 N–H and O–H groups in total. The monoisotopic (exact) mass is 346 g/mol. The van der Waals surface area contributed by atoms with Crippen molar-refractivity contribution < 1.29 is 33.3 Å². The number of benzene rings is 1. The molecule has 0 atom stereocenters. The highest BCUT2D eigenvalue weighted by molar-refractivity contribution is 5.68. The van der Waals surface area contributed by atoms with Crippen LogP contribution in [0.25, 0.3) is 16.9 Å². The minimum absolute atomic E-state index is 1.01. The van der Waals surface area contributed by atoms with Gasteiger partial charge in [-0.3, -0.25) is 0 Å². The zero-order valence-electron chi connectivity index (χ0n) is 12.7. The minimum Gasteiger partial charge on any atom is -0.222 e. The number of rotatable bonds is 0. The van der Waals surface area contributed by atoms with Crippen molar-refractivity contribution in [2.24, 2.45) is 0 Å². The number of hydrogen-bond donors (Lipinski definition) is 0. The van der Waals surface area contributed by atoms with Crippen molar-refractivity contribution in [2.45, 2.75) is 19.3 Å². The van der Waals surface area contributed by atoms with E-state index in [2.05, 4.69) is 47.1 Å². The average Bonchev–Trinajstić information content (AvgIpc) is 2.70. The fraction of sp³-hybridized carbons (Fsp3) is 0.176. The molecule has 0 unspecified atom stereocenters. The van der Waals surface area contributed by atoms with Crippen molar-refractivity contribution in [3.8, 4) is 11.3 Å². The van der Waals surface area contributed by atoms with Crippen LogP contribution in [0.4, 0.5) is 0 Å². The Bertz CT molecular complexity index is 859. The molecule has 0 amide bonds. The zero-order chi connectivity index (χ0) is 17.2. The standard InChI is InChI=1S/C17H15N2.ClHO4/c1-2-9-15-13(6-1)7-5-8-14-12-19-11-4-3-10-16(19)18-17(14)15;2-1(3,4)5/h1-4,6,9-12H,5,7-8H2;(H,2,3,4,5)/q+1;/p-1. The van der Waals surface area contributed by atoms with E-state index in [-0.39, 0.29) is 0 Å². The Morgan fingerprint density at radius 2 is 1.54 bits per heavy atom. The minimum atomic E-state index is -4.94. The second kappa shape index (κ2) is 6.80. The Balaban J connectivity index is 0.000000300. The van der Waals surface area contributed by atoms with Crippen LogP contribution < -0.4 is 23.0 Å². The SMILES string of the molecule is [O-][Cl+3]([O-])([O-])[O-].c1ccc2c(c1)CCCc1c[n+]3ccccc3nc1-2. The predicted molar refractivity (Wildman–Crippen MR) is 74.9 cm³/mol. The van der Waals surface area contributed by atoms with E-state index in [0.717, 1.165) is 18.5 Å². The van der Waals surface area contributed by atoms with Crippen molar-refractivity contribution in [1.82, 2.24) is 4.98 Å². The fourth-order valence-electron chi connectivity index (χ4n) is 2.92. The van der Waals surface area contributed by atoms with Crippen LogP contribution in [0.5, 0.6) is 0 Å². The second-order valence-corrected chi connectivity index (χ2v) is 6.23. The third-order valence-electron chi connectivity index (χ3n) is 3.86. The Labute approximate surface area is 141 Å². The molecule has 0 bridgehead atoms. The topological polar surface area (TPSA) is 109 Å². The van der Waals surface area contributed by atoms with Crippen molar-refractivity contribution in [2.75, 3.05) is 0 Å². The summed E-state index contributed by atoms with van der Waals surface area (Å²) in [7, 11) is -4.94. The molecule has 6 nitrogen and oxygen atoms in total. The molecule has 1 aromatic carbocycles. The van der Waals surface area contributed by atoms with Crippen molar-refractivity contribution in [3.63, 3.8) is 0 Å². The van der Waals surface area contributed by atoms with E-state index in [4.69, 9.17) is 23.6 Å². The van der Waals surface area contributed by atoms with E-state index < -0.39 is 10.2 Å². The van der Waals surface area contributed by atoms with E-state index >= 15 is 0 Å². The lowest BCUT2D eigenvalue weighted by molar-refractivity contribution is -2.00. The van der Waals surface area contributed by atoms with Crippen LogP contribution >= 0.6 is 0 Å². The van der Waals surface area contributed by atoms with Gasteiger partial charge in [0.05, 0.1) is 6.20 Å². The van der Waals surface area contributed by atoms with E-state index in [1.807, 2.05) is 12.1 Å². The lowest BCUT2D eigenvalue weighted by Crippen LogP contribution is -2.68. The summed E-state index contributed by atoms with van der Waals surface area (Å²) in [4.78, 5) is 4.88. The first-order valence-corrected chi connectivity index (χ1v) is 8.65.